The number of amides is 1. The molecule has 7 nitrogen and oxygen atoms in total. The zero-order chi connectivity index (χ0) is 23.1. The molecule has 1 amide bonds. The summed E-state index contributed by atoms with van der Waals surface area (Å²) >= 11 is 0. The van der Waals surface area contributed by atoms with Gasteiger partial charge in [0.15, 0.2) is 22.9 Å². The summed E-state index contributed by atoms with van der Waals surface area (Å²) in [6.07, 6.45) is 3.94. The molecule has 0 radical (unpaired) electrons. The summed E-state index contributed by atoms with van der Waals surface area (Å²) in [7, 11) is 2.11. The van der Waals surface area contributed by atoms with Crippen LogP contribution >= 0.6 is 0 Å². The van der Waals surface area contributed by atoms with Crippen molar-refractivity contribution in [3.63, 3.8) is 0 Å². The lowest BCUT2D eigenvalue weighted by Gasteiger charge is -2.28. The highest BCUT2D eigenvalue weighted by atomic mass is 19.1. The molecular formula is C24H23F2N5O2. The molecular weight excluding hydrogens is 428 g/mol. The van der Waals surface area contributed by atoms with Gasteiger partial charge < -0.3 is 15.4 Å². The van der Waals surface area contributed by atoms with E-state index in [2.05, 4.69) is 17.0 Å². The molecule has 170 valence electrons. The highest BCUT2D eigenvalue weighted by molar-refractivity contribution is 5.98. The largest absolute Gasteiger partial charge is 0.454 e. The van der Waals surface area contributed by atoms with Gasteiger partial charge in [-0.3, -0.25) is 9.89 Å². The van der Waals surface area contributed by atoms with Gasteiger partial charge in [0, 0.05) is 23.4 Å². The number of nitrogens with zero attached hydrogens (tertiary/aromatic N) is 3. The highest BCUT2D eigenvalue weighted by Gasteiger charge is 2.26. The van der Waals surface area contributed by atoms with Crippen molar-refractivity contribution < 1.29 is 18.3 Å². The van der Waals surface area contributed by atoms with Crippen LogP contribution in [-0.2, 0) is 0 Å². The first-order valence-electron chi connectivity index (χ1n) is 10.7. The lowest BCUT2D eigenvalue weighted by molar-refractivity contribution is 0.0994. The topological polar surface area (TPSA) is 88.7 Å². The second kappa shape index (κ2) is 8.32. The predicted octanol–water partition coefficient (Wildman–Crippen LogP) is 4.31. The standard InChI is InChI=1S/C24H23F2N5O2/c1-30-10-8-14(9-11-30)18-13-28-31-22(23(27)32)21(29-24(18)31)15-2-5-17(6-3-15)33-20-7-4-16(25)12-19(20)26/h2-7,12-14,28H,8-11H2,1H3,(H2,27,32). The molecule has 1 aliphatic heterocycles. The molecule has 1 fully saturated rings. The maximum Gasteiger partial charge on any atom is 0.269 e. The van der Waals surface area contributed by atoms with Crippen LogP contribution in [0.25, 0.3) is 16.9 Å². The van der Waals surface area contributed by atoms with Gasteiger partial charge in [-0.1, -0.05) is 0 Å². The van der Waals surface area contributed by atoms with Crippen LogP contribution < -0.4 is 10.5 Å². The number of piperidine rings is 1. The molecule has 0 atom stereocenters. The van der Waals surface area contributed by atoms with Gasteiger partial charge in [-0.05, 0) is 75.3 Å². The van der Waals surface area contributed by atoms with Crippen LogP contribution in [0.3, 0.4) is 0 Å². The number of nitrogens with two attached hydrogens (primary N) is 1. The molecule has 33 heavy (non-hydrogen) atoms. The lowest BCUT2D eigenvalue weighted by Crippen LogP contribution is -2.29. The third kappa shape index (κ3) is 3.95. The fourth-order valence-electron chi connectivity index (χ4n) is 4.35. The molecule has 2 aromatic carbocycles. The molecule has 3 N–H and O–H groups in total. The minimum absolute atomic E-state index is 0.0833. The Bertz CT molecular complexity index is 1320. The minimum atomic E-state index is -0.792. The van der Waals surface area contributed by atoms with Gasteiger partial charge in [0.1, 0.15) is 17.3 Å². The van der Waals surface area contributed by atoms with Crippen LogP contribution in [0.1, 0.15) is 34.8 Å². The first-order chi connectivity index (χ1) is 15.9. The second-order valence-corrected chi connectivity index (χ2v) is 8.34. The number of carbonyl (C=O) groups is 1. The van der Waals surface area contributed by atoms with E-state index in [1.165, 1.54) is 6.07 Å². The van der Waals surface area contributed by atoms with E-state index >= 15 is 0 Å². The van der Waals surface area contributed by atoms with Crippen LogP contribution in [0.2, 0.25) is 0 Å². The molecule has 0 saturated carbocycles. The lowest BCUT2D eigenvalue weighted by atomic mass is 9.91. The quantitative estimate of drug-likeness (QED) is 0.473. The van der Waals surface area contributed by atoms with Crippen LogP contribution in [0.15, 0.2) is 48.7 Å². The Kier molecular flexibility index (Phi) is 5.33. The van der Waals surface area contributed by atoms with Crippen molar-refractivity contribution in [2.45, 2.75) is 18.8 Å². The summed E-state index contributed by atoms with van der Waals surface area (Å²) in [5, 5.41) is 3.13. The second-order valence-electron chi connectivity index (χ2n) is 8.34. The van der Waals surface area contributed by atoms with Crippen molar-refractivity contribution in [2.24, 2.45) is 5.73 Å². The van der Waals surface area contributed by atoms with E-state index in [4.69, 9.17) is 15.5 Å². The SMILES string of the molecule is CN1CCC(c2c[nH]n3c(C(N)=O)c(-c4ccc(Oc5ccc(F)cc5F)cc4)nc23)CC1. The van der Waals surface area contributed by atoms with Crippen molar-refractivity contribution >= 4 is 11.6 Å². The van der Waals surface area contributed by atoms with Gasteiger partial charge in [-0.25, -0.2) is 18.3 Å². The Morgan fingerprint density at radius 3 is 2.55 bits per heavy atom. The summed E-state index contributed by atoms with van der Waals surface area (Å²) in [4.78, 5) is 19.4. The molecule has 1 saturated heterocycles. The number of imidazole rings is 1. The summed E-state index contributed by atoms with van der Waals surface area (Å²) in [6, 6.07) is 9.83. The smallest absolute Gasteiger partial charge is 0.269 e. The van der Waals surface area contributed by atoms with Crippen LogP contribution in [0, 0.1) is 11.6 Å². The molecule has 1 aliphatic rings. The highest BCUT2D eigenvalue weighted by Crippen LogP contribution is 2.34. The number of ether oxygens (including phenoxy) is 1. The maximum absolute atomic E-state index is 13.9. The van der Waals surface area contributed by atoms with Gasteiger partial charge in [0.25, 0.3) is 5.91 Å². The maximum atomic E-state index is 13.9. The third-order valence-corrected chi connectivity index (χ3v) is 6.13. The summed E-state index contributed by atoms with van der Waals surface area (Å²) in [5.74, 6) is -1.43. The number of aromatic amines is 1. The Balaban J connectivity index is 1.47. The summed E-state index contributed by atoms with van der Waals surface area (Å²) < 4.78 is 34.1. The van der Waals surface area contributed by atoms with Crippen LogP contribution in [0.5, 0.6) is 11.5 Å². The Hall–Kier alpha value is -3.72. The number of likely N-dealkylation sites (tertiary alicyclic amines) is 1. The third-order valence-electron chi connectivity index (χ3n) is 6.13. The molecule has 0 bridgehead atoms. The average molecular weight is 451 g/mol. The van der Waals surface area contributed by atoms with E-state index in [0.29, 0.717) is 28.6 Å². The summed E-state index contributed by atoms with van der Waals surface area (Å²) in [5.41, 5.74) is 8.87. The Morgan fingerprint density at radius 1 is 1.15 bits per heavy atom. The number of H-pyrrole nitrogens is 1. The molecule has 4 aromatic rings. The first kappa shape index (κ1) is 21.1. The van der Waals surface area contributed by atoms with Crippen LogP contribution in [-0.4, -0.2) is 45.5 Å². The van der Waals surface area contributed by atoms with E-state index in [0.717, 1.165) is 43.6 Å². The number of carbonyl (C=O) groups excluding carboxylic acids is 1. The number of primary amides is 1. The first-order valence-corrected chi connectivity index (χ1v) is 10.7. The Labute approximate surface area is 188 Å². The molecule has 5 rings (SSSR count). The van der Waals surface area contributed by atoms with Crippen molar-refractivity contribution in [2.75, 3.05) is 20.1 Å². The van der Waals surface area contributed by atoms with Gasteiger partial charge in [0.2, 0.25) is 0 Å². The van der Waals surface area contributed by atoms with E-state index in [9.17, 15) is 13.6 Å². The van der Waals surface area contributed by atoms with Gasteiger partial charge in [-0.15, -0.1) is 0 Å². The summed E-state index contributed by atoms with van der Waals surface area (Å²) in [6.45, 7) is 2.02. The number of fused-ring (bicyclic) bond motifs is 1. The zero-order valence-electron chi connectivity index (χ0n) is 18.0. The minimum Gasteiger partial charge on any atom is -0.454 e. The fraction of sp³-hybridized carbons (Fsp3) is 0.250. The monoisotopic (exact) mass is 451 g/mol. The van der Waals surface area contributed by atoms with Crippen molar-refractivity contribution in [3.05, 3.63) is 71.6 Å². The molecule has 9 heteroatoms. The molecule has 0 unspecified atom stereocenters. The number of rotatable bonds is 5. The van der Waals surface area contributed by atoms with Crippen LogP contribution in [0.4, 0.5) is 8.78 Å². The number of hydrogen-bond donors (Lipinski definition) is 2. The molecule has 0 aliphatic carbocycles. The molecule has 2 aromatic heterocycles. The van der Waals surface area contributed by atoms with Crippen molar-refractivity contribution in [1.82, 2.24) is 19.5 Å². The van der Waals surface area contributed by atoms with Crippen molar-refractivity contribution in [1.29, 1.82) is 0 Å². The Morgan fingerprint density at radius 2 is 1.88 bits per heavy atom. The van der Waals surface area contributed by atoms with Gasteiger partial charge in [-0.2, -0.15) is 0 Å². The molecule has 0 spiro atoms. The number of halogens is 2. The number of benzene rings is 2. The van der Waals surface area contributed by atoms with Crippen molar-refractivity contribution in [3.8, 4) is 22.8 Å². The average Bonchev–Trinajstić information content (AvgIpc) is 3.36. The van der Waals surface area contributed by atoms with Gasteiger partial charge in [0.05, 0.1) is 0 Å². The van der Waals surface area contributed by atoms with E-state index < -0.39 is 17.5 Å². The van der Waals surface area contributed by atoms with Gasteiger partial charge >= 0.3 is 0 Å². The predicted molar refractivity (Wildman–Crippen MR) is 119 cm³/mol. The fourth-order valence-corrected chi connectivity index (χ4v) is 4.35. The number of aromatic nitrogens is 3. The molecule has 3 heterocycles. The number of hydrogen-bond acceptors (Lipinski definition) is 4. The normalized spacial score (nSPS) is 15.2. The van der Waals surface area contributed by atoms with E-state index in [1.807, 2.05) is 6.20 Å². The van der Waals surface area contributed by atoms with E-state index in [-0.39, 0.29) is 11.4 Å². The van der Waals surface area contributed by atoms with E-state index in [1.54, 1.807) is 28.8 Å². The number of nitrogens with one attached hydrogen (secondary N) is 1. The zero-order valence-corrected chi connectivity index (χ0v) is 18.0.